The van der Waals surface area contributed by atoms with E-state index in [0.29, 0.717) is 0 Å². The van der Waals surface area contributed by atoms with E-state index < -0.39 is 86.6 Å². The van der Waals surface area contributed by atoms with Crippen LogP contribution in [0.3, 0.4) is 0 Å². The Kier molecular flexibility index (Phi) is 9.35. The first kappa shape index (κ1) is 42.8. The number of nitrogens with one attached hydrogen (secondary N) is 3. The van der Waals surface area contributed by atoms with Crippen LogP contribution in [0.25, 0.3) is 89.7 Å². The average Bonchev–Trinajstić information content (AvgIpc) is 3.98. The minimum Gasteiger partial charge on any atom is -0.324 e. The molecule has 0 fully saturated rings. The van der Waals surface area contributed by atoms with Crippen molar-refractivity contribution in [2.75, 3.05) is 4.72 Å². The lowest BCUT2D eigenvalue weighted by atomic mass is 10.1. The van der Waals surface area contributed by atoms with Crippen LogP contribution in [0.5, 0.6) is 0 Å². The molecule has 0 radical (unpaired) electrons. The fourth-order valence-corrected chi connectivity index (χ4v) is 11.5. The molecule has 2 aliphatic rings. The van der Waals surface area contributed by atoms with Crippen LogP contribution >= 0.6 is 0 Å². The largest absolute Gasteiger partial charge is 0.324 e. The van der Waals surface area contributed by atoms with Gasteiger partial charge in [0.15, 0.2) is 23.3 Å². The molecule has 2 aliphatic heterocycles. The zero-order valence-corrected chi connectivity index (χ0v) is 36.4. The van der Waals surface area contributed by atoms with Crippen LogP contribution in [0, 0.1) is 0 Å². The van der Waals surface area contributed by atoms with Gasteiger partial charge in [0.25, 0.3) is 50.5 Å². The SMILES string of the molecule is O=S(=O)(O)c1ccc(NS(=O)(=O)c2cccc3c2-c2nc-3nc3[nH]c(nc4nc(nc5[nH]c(n2)c2cccc(S(=O)(=O)O)c52)-c2cccc(S(=O)(=O)O)c2-4)c2cccc(S(=O)(=O)O)c32)cc1. The smallest absolute Gasteiger partial charge is 0.295 e. The van der Waals surface area contributed by atoms with E-state index >= 15 is 0 Å². The Morgan fingerprint density at radius 2 is 0.788 bits per heavy atom. The molecule has 8 aromatic rings. The Morgan fingerprint density at radius 1 is 0.394 bits per heavy atom. The van der Waals surface area contributed by atoms with Crippen molar-refractivity contribution in [1.82, 2.24) is 39.9 Å². The average molecular weight is 990 g/mol. The number of rotatable bonds is 7. The maximum atomic E-state index is 14.3. The lowest BCUT2D eigenvalue weighted by Gasteiger charge is -2.11. The van der Waals surface area contributed by atoms with Gasteiger partial charge < -0.3 is 9.97 Å². The van der Waals surface area contributed by atoms with E-state index in [1.165, 1.54) is 54.6 Å². The molecule has 5 heterocycles. The van der Waals surface area contributed by atoms with Gasteiger partial charge in [-0.1, -0.05) is 48.5 Å². The molecule has 0 unspecified atom stereocenters. The molecular formula is C38H23N9O14S5. The van der Waals surface area contributed by atoms with Crippen molar-refractivity contribution in [3.63, 3.8) is 0 Å². The number of fused-ring (bicyclic) bond motifs is 20. The number of hydrogen-bond donors (Lipinski definition) is 7. The lowest BCUT2D eigenvalue weighted by Crippen LogP contribution is -2.14. The molecule has 334 valence electrons. The van der Waals surface area contributed by atoms with Gasteiger partial charge in [-0.3, -0.25) is 22.9 Å². The minimum atomic E-state index is -5.03. The first-order valence-corrected chi connectivity index (χ1v) is 25.6. The summed E-state index contributed by atoms with van der Waals surface area (Å²) in [5.74, 6) is -1.43. The number of hydrogen-bond acceptors (Lipinski definition) is 16. The second-order valence-electron chi connectivity index (χ2n) is 14.4. The van der Waals surface area contributed by atoms with Crippen LogP contribution in [-0.2, 0) is 50.5 Å². The van der Waals surface area contributed by atoms with E-state index in [1.807, 2.05) is 0 Å². The summed E-state index contributed by atoms with van der Waals surface area (Å²) in [4.78, 5) is 30.1. The molecule has 10 rings (SSSR count). The summed E-state index contributed by atoms with van der Waals surface area (Å²) in [6.07, 6.45) is 0. The van der Waals surface area contributed by atoms with E-state index in [4.69, 9.17) is 0 Å². The number of nitrogens with zero attached hydrogens (tertiary/aromatic N) is 6. The van der Waals surface area contributed by atoms with Crippen molar-refractivity contribution in [3.05, 3.63) is 97.1 Å². The van der Waals surface area contributed by atoms with Crippen molar-refractivity contribution < 1.29 is 60.3 Å². The molecule has 0 spiro atoms. The summed E-state index contributed by atoms with van der Waals surface area (Å²) in [7, 11) is -24.4. The van der Waals surface area contributed by atoms with Crippen molar-refractivity contribution >= 4 is 100 Å². The minimum absolute atomic E-state index is 0.0293. The van der Waals surface area contributed by atoms with Gasteiger partial charge in [0.05, 0.1) is 20.9 Å². The fourth-order valence-electron chi connectivity index (χ4n) is 7.63. The van der Waals surface area contributed by atoms with Crippen LogP contribution < -0.4 is 4.72 Å². The van der Waals surface area contributed by atoms with Crippen LogP contribution in [-0.4, -0.2) is 100 Å². The number of benzene rings is 5. The predicted octanol–water partition coefficient (Wildman–Crippen LogP) is 4.66. The van der Waals surface area contributed by atoms with Gasteiger partial charge in [-0.15, -0.1) is 0 Å². The molecule has 0 aliphatic carbocycles. The first-order chi connectivity index (χ1) is 31.0. The van der Waals surface area contributed by atoms with E-state index in [9.17, 15) is 60.3 Å². The van der Waals surface area contributed by atoms with Gasteiger partial charge in [-0.25, -0.2) is 38.3 Å². The Morgan fingerprint density at radius 3 is 1.23 bits per heavy atom. The molecule has 23 nitrogen and oxygen atoms in total. The van der Waals surface area contributed by atoms with Gasteiger partial charge in [0.2, 0.25) is 0 Å². The normalized spacial score (nSPS) is 13.2. The van der Waals surface area contributed by atoms with Crippen LogP contribution in [0.1, 0.15) is 0 Å². The van der Waals surface area contributed by atoms with E-state index in [2.05, 4.69) is 44.6 Å². The van der Waals surface area contributed by atoms with Crippen LogP contribution in [0.2, 0.25) is 0 Å². The number of sulfonamides is 1. The summed E-state index contributed by atoms with van der Waals surface area (Å²) in [6.45, 7) is 0. The van der Waals surface area contributed by atoms with Crippen LogP contribution in [0.4, 0.5) is 5.69 Å². The molecule has 0 atom stereocenters. The highest BCUT2D eigenvalue weighted by Crippen LogP contribution is 2.42. The molecular weight excluding hydrogens is 967 g/mol. The Bertz CT molecular complexity index is 4240. The van der Waals surface area contributed by atoms with Crippen molar-refractivity contribution in [2.45, 2.75) is 24.5 Å². The summed E-state index contributed by atoms with van der Waals surface area (Å²) in [5, 5.41) is -0.580. The number of aromatic nitrogens is 8. The van der Waals surface area contributed by atoms with Gasteiger partial charge in [-0.2, -0.15) is 33.7 Å². The topological polar surface area (TPSA) is 373 Å². The molecule has 66 heavy (non-hydrogen) atoms. The fraction of sp³-hybridized carbons (Fsp3) is 0. The lowest BCUT2D eigenvalue weighted by molar-refractivity contribution is 0.481. The van der Waals surface area contributed by atoms with E-state index in [0.717, 1.165) is 42.5 Å². The molecule has 0 amide bonds. The molecule has 0 saturated carbocycles. The second kappa shape index (κ2) is 14.4. The molecule has 8 bridgehead atoms. The molecule has 3 aromatic heterocycles. The highest BCUT2D eigenvalue weighted by molar-refractivity contribution is 7.93. The number of H-pyrrole nitrogens is 2. The Labute approximate surface area is 370 Å². The third-order valence-corrected chi connectivity index (χ3v) is 15.3. The maximum Gasteiger partial charge on any atom is 0.295 e. The summed E-state index contributed by atoms with van der Waals surface area (Å²) < 4.78 is 172. The zero-order chi connectivity index (χ0) is 46.9. The number of aromatic amines is 2. The van der Waals surface area contributed by atoms with Gasteiger partial charge >= 0.3 is 0 Å². The third-order valence-electron chi connectivity index (χ3n) is 10.3. The molecule has 7 N–H and O–H groups in total. The molecule has 0 saturated heterocycles. The third kappa shape index (κ3) is 7.12. The summed E-state index contributed by atoms with van der Waals surface area (Å²) in [5.41, 5.74) is -1.84. The zero-order valence-electron chi connectivity index (χ0n) is 32.3. The second-order valence-corrected chi connectivity index (χ2v) is 21.6. The molecule has 28 heteroatoms. The monoisotopic (exact) mass is 989 g/mol. The number of anilines is 1. The van der Waals surface area contributed by atoms with E-state index in [1.54, 1.807) is 0 Å². The first-order valence-electron chi connectivity index (χ1n) is 18.4. The van der Waals surface area contributed by atoms with Crippen molar-refractivity contribution in [3.8, 4) is 45.6 Å². The highest BCUT2D eigenvalue weighted by atomic mass is 32.2. The van der Waals surface area contributed by atoms with E-state index in [-0.39, 0.29) is 83.7 Å². The van der Waals surface area contributed by atoms with Gasteiger partial charge in [-0.05, 0) is 48.5 Å². The predicted molar refractivity (Wildman–Crippen MR) is 233 cm³/mol. The summed E-state index contributed by atoms with van der Waals surface area (Å²) >= 11 is 0. The van der Waals surface area contributed by atoms with Crippen LogP contribution in [0.15, 0.2) is 122 Å². The standard InChI is InChI=1S/C38H23N9O14S5/c48-62(49,47-17-13-15-18(16-14-17)63(50,51)52)23-9-1-5-19-27(23)35-39-31(19)41-36-29-21(7-3-11-25(29)65(56,57)58)33(43-36)45-38-30-22(8-4-12-26(30)66(59,60)61)34(46-38)44-37-28-20(32(40-35)42-37)6-2-10-24(28)64(53,54)55/h1-16,47H,(H,50,51,52)(H,53,54,55)(H,56,57,58)(H,59,60,61)(H2,39,40,41,42,43,44,45,46). The quantitative estimate of drug-likeness (QED) is 0.107. The van der Waals surface area contributed by atoms with Crippen molar-refractivity contribution in [2.24, 2.45) is 0 Å². The Hall–Kier alpha value is -7.15. The van der Waals surface area contributed by atoms with Crippen molar-refractivity contribution in [1.29, 1.82) is 0 Å². The summed E-state index contributed by atoms with van der Waals surface area (Å²) in [6, 6.07) is 19.1. The maximum absolute atomic E-state index is 14.3. The Balaban J connectivity index is 1.38. The van der Waals surface area contributed by atoms with Gasteiger partial charge in [0.1, 0.15) is 37.3 Å². The van der Waals surface area contributed by atoms with Gasteiger partial charge in [0, 0.05) is 38.4 Å². The molecule has 5 aromatic carbocycles. The highest BCUT2D eigenvalue weighted by Gasteiger charge is 2.32.